The summed E-state index contributed by atoms with van der Waals surface area (Å²) in [6.45, 7) is 3.59. The van der Waals surface area contributed by atoms with E-state index in [1.807, 2.05) is 23.8 Å². The van der Waals surface area contributed by atoms with Crippen LogP contribution in [0.15, 0.2) is 18.3 Å². The fraction of sp³-hybridized carbons (Fsp3) is 0.545. The number of rotatable bonds is 6. The number of carbonyl (C=O) groups excluding carboxylic acids is 1. The predicted octanol–water partition coefficient (Wildman–Crippen LogP) is 0.212. The van der Waals surface area contributed by atoms with E-state index in [1.165, 1.54) is 0 Å². The van der Waals surface area contributed by atoms with Crippen molar-refractivity contribution in [2.24, 2.45) is 5.73 Å². The van der Waals surface area contributed by atoms with E-state index in [0.29, 0.717) is 25.4 Å². The van der Waals surface area contributed by atoms with Crippen molar-refractivity contribution >= 4 is 5.91 Å². The average Bonchev–Trinajstić information content (AvgIpc) is 2.71. The van der Waals surface area contributed by atoms with E-state index in [0.717, 1.165) is 0 Å². The van der Waals surface area contributed by atoms with Crippen molar-refractivity contribution in [1.82, 2.24) is 9.88 Å². The standard InChI is InChI=1S/C11H19N3O2/c1-9(12)8-13-11(15)10-4-3-5-14(10)6-7-16-2/h3-5,9H,6-8,12H2,1-2H3,(H,13,15). The Bertz CT molecular complexity index is 334. The average molecular weight is 225 g/mol. The second-order valence-corrected chi connectivity index (χ2v) is 3.77. The molecule has 5 heteroatoms. The molecule has 0 saturated heterocycles. The van der Waals surface area contributed by atoms with Gasteiger partial charge in [0.15, 0.2) is 0 Å². The largest absolute Gasteiger partial charge is 0.383 e. The van der Waals surface area contributed by atoms with Crippen LogP contribution in [0.25, 0.3) is 0 Å². The third-order valence-corrected chi connectivity index (χ3v) is 2.18. The number of ether oxygens (including phenoxy) is 1. The molecular weight excluding hydrogens is 206 g/mol. The molecule has 1 unspecified atom stereocenters. The third kappa shape index (κ3) is 3.67. The summed E-state index contributed by atoms with van der Waals surface area (Å²) in [6.07, 6.45) is 1.86. The van der Waals surface area contributed by atoms with E-state index in [1.54, 1.807) is 13.2 Å². The van der Waals surface area contributed by atoms with Crippen LogP contribution in [0.5, 0.6) is 0 Å². The number of hydrogen-bond acceptors (Lipinski definition) is 3. The Morgan fingerprint density at radius 1 is 1.69 bits per heavy atom. The molecule has 0 aromatic carbocycles. The minimum Gasteiger partial charge on any atom is -0.383 e. The van der Waals surface area contributed by atoms with E-state index in [-0.39, 0.29) is 11.9 Å². The van der Waals surface area contributed by atoms with Crippen LogP contribution in [-0.2, 0) is 11.3 Å². The normalized spacial score (nSPS) is 12.4. The molecule has 1 amide bonds. The Kier molecular flexibility index (Phi) is 5.01. The number of nitrogens with one attached hydrogen (secondary N) is 1. The summed E-state index contributed by atoms with van der Waals surface area (Å²) in [5, 5.41) is 2.78. The number of amides is 1. The molecule has 1 rings (SSSR count). The first-order chi connectivity index (χ1) is 7.65. The van der Waals surface area contributed by atoms with Crippen LogP contribution in [0.2, 0.25) is 0 Å². The number of carbonyl (C=O) groups is 1. The highest BCUT2D eigenvalue weighted by Gasteiger charge is 2.10. The Morgan fingerprint density at radius 3 is 3.06 bits per heavy atom. The molecule has 1 atom stereocenters. The zero-order valence-electron chi connectivity index (χ0n) is 9.77. The van der Waals surface area contributed by atoms with E-state index in [2.05, 4.69) is 5.32 Å². The Labute approximate surface area is 95.6 Å². The van der Waals surface area contributed by atoms with Crippen molar-refractivity contribution in [3.8, 4) is 0 Å². The van der Waals surface area contributed by atoms with Gasteiger partial charge in [-0.1, -0.05) is 0 Å². The van der Waals surface area contributed by atoms with Gasteiger partial charge in [-0.3, -0.25) is 4.79 Å². The van der Waals surface area contributed by atoms with Crippen LogP contribution < -0.4 is 11.1 Å². The van der Waals surface area contributed by atoms with Gasteiger partial charge in [-0.15, -0.1) is 0 Å². The lowest BCUT2D eigenvalue weighted by atomic mass is 10.3. The molecule has 5 nitrogen and oxygen atoms in total. The van der Waals surface area contributed by atoms with E-state index >= 15 is 0 Å². The second-order valence-electron chi connectivity index (χ2n) is 3.77. The quantitative estimate of drug-likeness (QED) is 0.727. The van der Waals surface area contributed by atoms with Crippen LogP contribution in [-0.4, -0.2) is 36.8 Å². The molecule has 0 aliphatic rings. The van der Waals surface area contributed by atoms with Crippen molar-refractivity contribution in [2.75, 3.05) is 20.3 Å². The van der Waals surface area contributed by atoms with Gasteiger partial charge < -0.3 is 20.4 Å². The van der Waals surface area contributed by atoms with Gasteiger partial charge in [0.25, 0.3) is 5.91 Å². The molecule has 16 heavy (non-hydrogen) atoms. The maximum absolute atomic E-state index is 11.8. The maximum atomic E-state index is 11.8. The molecule has 0 saturated carbocycles. The molecule has 1 heterocycles. The Balaban J connectivity index is 2.57. The van der Waals surface area contributed by atoms with Crippen LogP contribution >= 0.6 is 0 Å². The Morgan fingerprint density at radius 2 is 2.44 bits per heavy atom. The topological polar surface area (TPSA) is 69.3 Å². The first kappa shape index (κ1) is 12.7. The van der Waals surface area contributed by atoms with Crippen LogP contribution in [0.3, 0.4) is 0 Å². The smallest absolute Gasteiger partial charge is 0.267 e. The highest BCUT2D eigenvalue weighted by atomic mass is 16.5. The van der Waals surface area contributed by atoms with Gasteiger partial charge in [0.2, 0.25) is 0 Å². The first-order valence-corrected chi connectivity index (χ1v) is 5.33. The summed E-state index contributed by atoms with van der Waals surface area (Å²) < 4.78 is 6.84. The van der Waals surface area contributed by atoms with Crippen molar-refractivity contribution in [1.29, 1.82) is 0 Å². The molecule has 1 aromatic rings. The summed E-state index contributed by atoms with van der Waals surface area (Å²) in [6, 6.07) is 3.59. The highest BCUT2D eigenvalue weighted by molar-refractivity contribution is 5.92. The van der Waals surface area contributed by atoms with Crippen LogP contribution in [0.1, 0.15) is 17.4 Å². The van der Waals surface area contributed by atoms with Crippen molar-refractivity contribution in [2.45, 2.75) is 19.5 Å². The number of nitrogens with zero attached hydrogens (tertiary/aromatic N) is 1. The molecule has 0 fully saturated rings. The van der Waals surface area contributed by atoms with Gasteiger partial charge in [0.05, 0.1) is 6.61 Å². The lowest BCUT2D eigenvalue weighted by Gasteiger charge is -2.10. The lowest BCUT2D eigenvalue weighted by Crippen LogP contribution is -2.36. The molecule has 0 spiro atoms. The van der Waals surface area contributed by atoms with Gasteiger partial charge in [0.1, 0.15) is 5.69 Å². The highest BCUT2D eigenvalue weighted by Crippen LogP contribution is 2.02. The fourth-order valence-corrected chi connectivity index (χ4v) is 1.35. The maximum Gasteiger partial charge on any atom is 0.267 e. The predicted molar refractivity (Wildman–Crippen MR) is 62.3 cm³/mol. The molecular formula is C11H19N3O2. The molecule has 0 aliphatic carbocycles. The molecule has 0 radical (unpaired) electrons. The van der Waals surface area contributed by atoms with Crippen molar-refractivity contribution in [3.05, 3.63) is 24.0 Å². The SMILES string of the molecule is COCCn1cccc1C(=O)NCC(C)N. The van der Waals surface area contributed by atoms with Crippen LogP contribution in [0, 0.1) is 0 Å². The number of aromatic nitrogens is 1. The van der Waals surface area contributed by atoms with Gasteiger partial charge in [-0.25, -0.2) is 0 Å². The number of nitrogens with two attached hydrogens (primary N) is 1. The lowest BCUT2D eigenvalue weighted by molar-refractivity contribution is 0.0939. The van der Waals surface area contributed by atoms with Crippen molar-refractivity contribution in [3.63, 3.8) is 0 Å². The first-order valence-electron chi connectivity index (χ1n) is 5.33. The van der Waals surface area contributed by atoms with E-state index in [4.69, 9.17) is 10.5 Å². The van der Waals surface area contributed by atoms with Crippen LogP contribution in [0.4, 0.5) is 0 Å². The summed E-state index contributed by atoms with van der Waals surface area (Å²) in [4.78, 5) is 11.8. The molecule has 1 aromatic heterocycles. The second kappa shape index (κ2) is 6.30. The fourth-order valence-electron chi connectivity index (χ4n) is 1.35. The van der Waals surface area contributed by atoms with Gasteiger partial charge >= 0.3 is 0 Å². The van der Waals surface area contributed by atoms with Gasteiger partial charge in [-0.2, -0.15) is 0 Å². The van der Waals surface area contributed by atoms with E-state index in [9.17, 15) is 4.79 Å². The zero-order chi connectivity index (χ0) is 12.0. The summed E-state index contributed by atoms with van der Waals surface area (Å²) in [5.41, 5.74) is 6.21. The molecule has 90 valence electrons. The monoisotopic (exact) mass is 225 g/mol. The summed E-state index contributed by atoms with van der Waals surface area (Å²) >= 11 is 0. The molecule has 0 aliphatic heterocycles. The molecule has 3 N–H and O–H groups in total. The Hall–Kier alpha value is -1.33. The van der Waals surface area contributed by atoms with E-state index < -0.39 is 0 Å². The van der Waals surface area contributed by atoms with Gasteiger partial charge in [-0.05, 0) is 19.1 Å². The minimum absolute atomic E-state index is 0.0358. The third-order valence-electron chi connectivity index (χ3n) is 2.18. The zero-order valence-corrected chi connectivity index (χ0v) is 9.77. The number of hydrogen-bond donors (Lipinski definition) is 2. The summed E-state index contributed by atoms with van der Waals surface area (Å²) in [5.74, 6) is -0.0987. The van der Waals surface area contributed by atoms with Gasteiger partial charge in [0, 0.05) is 32.4 Å². The molecule has 0 bridgehead atoms. The number of methoxy groups -OCH3 is 1. The van der Waals surface area contributed by atoms with Crippen molar-refractivity contribution < 1.29 is 9.53 Å². The summed E-state index contributed by atoms with van der Waals surface area (Å²) in [7, 11) is 1.64. The minimum atomic E-state index is -0.0987.